The second kappa shape index (κ2) is 8.28. The van der Waals surface area contributed by atoms with Gasteiger partial charge in [-0.3, -0.25) is 9.36 Å². The molecule has 1 aliphatic heterocycles. The minimum Gasteiger partial charge on any atom is -0.368 e. The number of carbonyl (C=O) groups is 1. The summed E-state index contributed by atoms with van der Waals surface area (Å²) in [6.07, 6.45) is 1.77. The third-order valence-corrected chi connectivity index (χ3v) is 6.26. The van der Waals surface area contributed by atoms with Crippen molar-refractivity contribution in [1.29, 1.82) is 0 Å². The number of piperazine rings is 1. The van der Waals surface area contributed by atoms with E-state index in [9.17, 15) is 4.79 Å². The highest BCUT2D eigenvalue weighted by atomic mass is 35.5. The van der Waals surface area contributed by atoms with E-state index in [4.69, 9.17) is 11.6 Å². The Kier molecular flexibility index (Phi) is 5.31. The monoisotopic (exact) mass is 445 g/mol. The molecule has 1 fully saturated rings. The molecule has 0 aliphatic carbocycles. The lowest BCUT2D eigenvalue weighted by Crippen LogP contribution is -2.48. The average Bonchev–Trinajstić information content (AvgIpc) is 3.14. The van der Waals surface area contributed by atoms with E-state index in [1.54, 1.807) is 6.20 Å². The summed E-state index contributed by atoms with van der Waals surface area (Å²) in [5.41, 5.74) is 5.43. The van der Waals surface area contributed by atoms with Crippen LogP contribution in [0.2, 0.25) is 5.02 Å². The molecule has 0 atom stereocenters. The molecule has 32 heavy (non-hydrogen) atoms. The molecule has 2 aromatic carbocycles. The third kappa shape index (κ3) is 3.71. The first kappa shape index (κ1) is 20.5. The van der Waals surface area contributed by atoms with Crippen molar-refractivity contribution in [3.8, 4) is 5.69 Å². The number of nitrogens with zero attached hydrogens (tertiary/aromatic N) is 5. The molecular weight excluding hydrogens is 422 g/mol. The van der Waals surface area contributed by atoms with Crippen LogP contribution in [0, 0.1) is 13.8 Å². The van der Waals surface area contributed by atoms with E-state index in [-0.39, 0.29) is 5.91 Å². The van der Waals surface area contributed by atoms with Crippen LogP contribution in [0.15, 0.2) is 60.8 Å². The molecular formula is C25H24ClN5O. The van der Waals surface area contributed by atoms with Gasteiger partial charge in [-0.1, -0.05) is 23.7 Å². The maximum Gasteiger partial charge on any atom is 0.254 e. The van der Waals surface area contributed by atoms with Gasteiger partial charge in [0, 0.05) is 48.6 Å². The topological polar surface area (TPSA) is 54.3 Å². The summed E-state index contributed by atoms with van der Waals surface area (Å²) in [5.74, 6) is 0.897. The summed E-state index contributed by atoms with van der Waals surface area (Å²) in [5, 5.41) is 0.727. The summed E-state index contributed by atoms with van der Waals surface area (Å²) >= 11 is 6.14. The van der Waals surface area contributed by atoms with Crippen molar-refractivity contribution in [3.63, 3.8) is 0 Å². The Hall–Kier alpha value is -3.38. The fraction of sp³-hybridized carbons (Fsp3) is 0.240. The van der Waals surface area contributed by atoms with Gasteiger partial charge in [0.15, 0.2) is 5.65 Å². The highest BCUT2D eigenvalue weighted by Gasteiger charge is 2.23. The van der Waals surface area contributed by atoms with Crippen molar-refractivity contribution in [3.05, 3.63) is 82.8 Å². The van der Waals surface area contributed by atoms with E-state index in [1.807, 2.05) is 71.8 Å². The van der Waals surface area contributed by atoms with E-state index in [0.717, 1.165) is 52.0 Å². The first-order chi connectivity index (χ1) is 15.5. The van der Waals surface area contributed by atoms with Crippen LogP contribution in [0.4, 0.5) is 5.69 Å². The van der Waals surface area contributed by atoms with Crippen LogP contribution >= 0.6 is 11.6 Å². The number of aromatic nitrogens is 3. The molecule has 6 nitrogen and oxygen atoms in total. The molecule has 0 spiro atoms. The van der Waals surface area contributed by atoms with E-state index >= 15 is 0 Å². The predicted molar refractivity (Wildman–Crippen MR) is 128 cm³/mol. The van der Waals surface area contributed by atoms with E-state index < -0.39 is 0 Å². The SMILES string of the molecule is Cc1ccc(C(=O)N2CCN(c3cccc(Cl)c3)CC2)cc1-n1c(C)nc2cccnc21. The number of hydrogen-bond donors (Lipinski definition) is 0. The minimum atomic E-state index is 0.0482. The summed E-state index contributed by atoms with van der Waals surface area (Å²) in [6.45, 7) is 6.90. The molecule has 3 heterocycles. The van der Waals surface area contributed by atoms with Crippen LogP contribution < -0.4 is 4.90 Å². The zero-order chi connectivity index (χ0) is 22.2. The number of fused-ring (bicyclic) bond motifs is 1. The smallest absolute Gasteiger partial charge is 0.254 e. The number of rotatable bonds is 3. The lowest BCUT2D eigenvalue weighted by Gasteiger charge is -2.36. The Morgan fingerprint density at radius 3 is 2.56 bits per heavy atom. The second-order valence-electron chi connectivity index (χ2n) is 8.10. The largest absolute Gasteiger partial charge is 0.368 e. The third-order valence-electron chi connectivity index (χ3n) is 6.02. The fourth-order valence-corrected chi connectivity index (χ4v) is 4.51. The molecule has 1 aliphatic rings. The van der Waals surface area contributed by atoms with Gasteiger partial charge in [0.05, 0.1) is 5.69 Å². The average molecular weight is 446 g/mol. The summed E-state index contributed by atoms with van der Waals surface area (Å²) in [6, 6.07) is 17.6. The first-order valence-corrected chi connectivity index (χ1v) is 11.1. The highest BCUT2D eigenvalue weighted by Crippen LogP contribution is 2.25. The molecule has 7 heteroatoms. The first-order valence-electron chi connectivity index (χ1n) is 10.7. The van der Waals surface area contributed by atoms with E-state index in [2.05, 4.69) is 20.9 Å². The van der Waals surface area contributed by atoms with E-state index in [0.29, 0.717) is 18.7 Å². The molecule has 0 unspecified atom stereocenters. The number of pyridine rings is 1. The molecule has 5 rings (SSSR count). The molecule has 0 bridgehead atoms. The number of anilines is 1. The van der Waals surface area contributed by atoms with Gasteiger partial charge in [-0.2, -0.15) is 0 Å². The molecule has 2 aromatic heterocycles. The number of amides is 1. The predicted octanol–water partition coefficient (Wildman–Crippen LogP) is 4.65. The van der Waals surface area contributed by atoms with Crippen molar-refractivity contribution in [2.24, 2.45) is 0 Å². The molecule has 0 radical (unpaired) electrons. The number of benzene rings is 2. The Bertz CT molecular complexity index is 1310. The maximum atomic E-state index is 13.3. The quantitative estimate of drug-likeness (QED) is 0.460. The number of aryl methyl sites for hydroxylation is 2. The van der Waals surface area contributed by atoms with Crippen molar-refractivity contribution in [1.82, 2.24) is 19.4 Å². The van der Waals surface area contributed by atoms with Crippen LogP contribution in [0.5, 0.6) is 0 Å². The van der Waals surface area contributed by atoms with Gasteiger partial charge < -0.3 is 9.80 Å². The van der Waals surface area contributed by atoms with Crippen LogP contribution in [0.1, 0.15) is 21.7 Å². The van der Waals surface area contributed by atoms with Crippen LogP contribution in [-0.4, -0.2) is 51.5 Å². The van der Waals surface area contributed by atoms with Crippen molar-refractivity contribution in [2.75, 3.05) is 31.1 Å². The zero-order valence-electron chi connectivity index (χ0n) is 18.1. The van der Waals surface area contributed by atoms with Crippen molar-refractivity contribution >= 4 is 34.4 Å². The molecule has 0 N–H and O–H groups in total. The van der Waals surface area contributed by atoms with Gasteiger partial charge in [0.25, 0.3) is 5.91 Å². The van der Waals surface area contributed by atoms with Crippen LogP contribution in [0.25, 0.3) is 16.9 Å². The molecule has 1 amide bonds. The van der Waals surface area contributed by atoms with Crippen molar-refractivity contribution < 1.29 is 4.79 Å². The lowest BCUT2D eigenvalue weighted by molar-refractivity contribution is 0.0746. The number of hydrogen-bond acceptors (Lipinski definition) is 4. The van der Waals surface area contributed by atoms with Gasteiger partial charge in [0.1, 0.15) is 11.3 Å². The molecule has 1 saturated heterocycles. The van der Waals surface area contributed by atoms with Gasteiger partial charge in [-0.25, -0.2) is 9.97 Å². The zero-order valence-corrected chi connectivity index (χ0v) is 18.9. The Morgan fingerprint density at radius 1 is 0.969 bits per heavy atom. The van der Waals surface area contributed by atoms with Crippen LogP contribution in [-0.2, 0) is 0 Å². The summed E-state index contributed by atoms with van der Waals surface area (Å²) < 4.78 is 2.03. The highest BCUT2D eigenvalue weighted by molar-refractivity contribution is 6.30. The van der Waals surface area contributed by atoms with Crippen molar-refractivity contribution in [2.45, 2.75) is 13.8 Å². The Morgan fingerprint density at radius 2 is 1.78 bits per heavy atom. The number of imidazole rings is 1. The fourth-order valence-electron chi connectivity index (χ4n) is 4.32. The van der Waals surface area contributed by atoms with Gasteiger partial charge in [0.2, 0.25) is 0 Å². The van der Waals surface area contributed by atoms with E-state index in [1.165, 1.54) is 0 Å². The van der Waals surface area contributed by atoms with Gasteiger partial charge in [-0.05, 0) is 61.9 Å². The molecule has 4 aromatic rings. The maximum absolute atomic E-state index is 13.3. The normalized spacial score (nSPS) is 14.2. The molecule has 162 valence electrons. The molecule has 0 saturated carbocycles. The number of carbonyl (C=O) groups excluding carboxylic acids is 1. The lowest BCUT2D eigenvalue weighted by atomic mass is 10.1. The summed E-state index contributed by atoms with van der Waals surface area (Å²) in [7, 11) is 0. The standard InChI is InChI=1S/C25H24ClN5O/c1-17-8-9-19(15-23(17)31-18(2)28-22-7-4-10-27-24(22)31)25(32)30-13-11-29(12-14-30)21-6-3-5-20(26)16-21/h3-10,15-16H,11-14H2,1-2H3. The Labute approximate surface area is 192 Å². The second-order valence-corrected chi connectivity index (χ2v) is 8.54. The van der Waals surface area contributed by atoms with Gasteiger partial charge >= 0.3 is 0 Å². The van der Waals surface area contributed by atoms with Gasteiger partial charge in [-0.15, -0.1) is 0 Å². The number of halogens is 1. The minimum absolute atomic E-state index is 0.0482. The Balaban J connectivity index is 1.39. The summed E-state index contributed by atoms with van der Waals surface area (Å²) in [4.78, 5) is 26.7. The van der Waals surface area contributed by atoms with Crippen LogP contribution in [0.3, 0.4) is 0 Å².